The van der Waals surface area contributed by atoms with Crippen LogP contribution in [0.15, 0.2) is 0 Å². The number of anilines is 1. The number of nitrogen functional groups attached to an aromatic ring is 1. The number of likely N-dealkylation sites (N-methyl/N-ethyl adjacent to an activating group) is 1. The number of amides is 1. The van der Waals surface area contributed by atoms with Gasteiger partial charge in [-0.3, -0.25) is 9.48 Å². The van der Waals surface area contributed by atoms with E-state index in [1.807, 2.05) is 27.9 Å². The van der Waals surface area contributed by atoms with Gasteiger partial charge in [0.25, 0.3) is 0 Å². The first-order chi connectivity index (χ1) is 9.70. The molecule has 21 heavy (non-hydrogen) atoms. The van der Waals surface area contributed by atoms with E-state index in [-0.39, 0.29) is 18.5 Å². The van der Waals surface area contributed by atoms with Crippen molar-refractivity contribution in [3.05, 3.63) is 11.4 Å². The molecule has 1 heterocycles. The van der Waals surface area contributed by atoms with E-state index in [1.54, 1.807) is 4.68 Å². The third-order valence-electron chi connectivity index (χ3n) is 3.44. The fraction of sp³-hybridized carbons (Fsp3) is 0.733. The Morgan fingerprint density at radius 2 is 2.00 bits per heavy atom. The van der Waals surface area contributed by atoms with Crippen LogP contribution in [0, 0.1) is 19.8 Å². The van der Waals surface area contributed by atoms with Gasteiger partial charge in [0.05, 0.1) is 17.1 Å². The van der Waals surface area contributed by atoms with Crippen LogP contribution < -0.4 is 11.1 Å². The van der Waals surface area contributed by atoms with Gasteiger partial charge in [-0.15, -0.1) is 0 Å². The maximum absolute atomic E-state index is 12.2. The first-order valence-corrected chi connectivity index (χ1v) is 7.44. The topological polar surface area (TPSA) is 76.2 Å². The van der Waals surface area contributed by atoms with Crippen molar-refractivity contribution in [2.24, 2.45) is 5.92 Å². The average Bonchev–Trinajstić information content (AvgIpc) is 2.55. The fourth-order valence-corrected chi connectivity index (χ4v) is 2.46. The van der Waals surface area contributed by atoms with Crippen LogP contribution in [0.5, 0.6) is 0 Å². The van der Waals surface area contributed by atoms with Gasteiger partial charge in [-0.1, -0.05) is 13.8 Å². The smallest absolute Gasteiger partial charge is 0.242 e. The summed E-state index contributed by atoms with van der Waals surface area (Å²) in [5, 5.41) is 7.40. The Hall–Kier alpha value is -1.56. The van der Waals surface area contributed by atoms with Crippen molar-refractivity contribution in [1.29, 1.82) is 0 Å². The van der Waals surface area contributed by atoms with Gasteiger partial charge >= 0.3 is 0 Å². The molecule has 0 radical (unpaired) electrons. The highest BCUT2D eigenvalue weighted by molar-refractivity contribution is 5.76. The zero-order valence-corrected chi connectivity index (χ0v) is 14.1. The lowest BCUT2D eigenvalue weighted by Gasteiger charge is -2.24. The first kappa shape index (κ1) is 17.5. The van der Waals surface area contributed by atoms with Crippen LogP contribution in [0.1, 0.15) is 31.7 Å². The number of nitrogens with zero attached hydrogens (tertiary/aromatic N) is 3. The minimum absolute atomic E-state index is 0.0203. The van der Waals surface area contributed by atoms with Gasteiger partial charge in [0, 0.05) is 12.6 Å². The number of nitrogens with one attached hydrogen (secondary N) is 1. The number of aryl methyl sites for hydroxylation is 1. The maximum atomic E-state index is 12.2. The molecule has 0 fully saturated rings. The molecule has 1 amide bonds. The summed E-state index contributed by atoms with van der Waals surface area (Å²) in [5.41, 5.74) is 8.17. The predicted octanol–water partition coefficient (Wildman–Crippen LogP) is 1.17. The molecule has 0 aliphatic heterocycles. The molecule has 1 rings (SSSR count). The third-order valence-corrected chi connectivity index (χ3v) is 3.44. The summed E-state index contributed by atoms with van der Waals surface area (Å²) in [4.78, 5) is 14.3. The van der Waals surface area contributed by atoms with Crippen molar-refractivity contribution >= 4 is 11.6 Å². The standard InChI is InChI=1S/C15H29N5O/c1-10(2)7-13(8-19(5)6)17-14(21)9-20-12(4)15(16)11(3)18-20/h10,13H,7-9,16H2,1-6H3,(H,17,21). The molecule has 3 N–H and O–H groups in total. The van der Waals surface area contributed by atoms with E-state index in [0.29, 0.717) is 11.6 Å². The largest absolute Gasteiger partial charge is 0.396 e. The van der Waals surface area contributed by atoms with Crippen LogP contribution in [0.25, 0.3) is 0 Å². The van der Waals surface area contributed by atoms with Crippen LogP contribution in [0.3, 0.4) is 0 Å². The van der Waals surface area contributed by atoms with Crippen LogP contribution in [-0.2, 0) is 11.3 Å². The minimum atomic E-state index is -0.0203. The minimum Gasteiger partial charge on any atom is -0.396 e. The zero-order valence-electron chi connectivity index (χ0n) is 14.1. The number of nitrogens with two attached hydrogens (primary N) is 1. The summed E-state index contributed by atoms with van der Waals surface area (Å²) in [5.74, 6) is 0.521. The molecule has 6 nitrogen and oxygen atoms in total. The average molecular weight is 295 g/mol. The predicted molar refractivity (Wildman–Crippen MR) is 86.1 cm³/mol. The van der Waals surface area contributed by atoms with E-state index in [9.17, 15) is 4.79 Å². The molecule has 120 valence electrons. The molecule has 0 bridgehead atoms. The number of aromatic nitrogens is 2. The molecule has 0 saturated carbocycles. The van der Waals surface area contributed by atoms with E-state index >= 15 is 0 Å². The lowest BCUT2D eigenvalue weighted by molar-refractivity contribution is -0.122. The van der Waals surface area contributed by atoms with Crippen molar-refractivity contribution in [2.45, 2.75) is 46.7 Å². The Morgan fingerprint density at radius 3 is 2.43 bits per heavy atom. The zero-order chi connectivity index (χ0) is 16.2. The summed E-state index contributed by atoms with van der Waals surface area (Å²) >= 11 is 0. The van der Waals surface area contributed by atoms with Crippen LogP contribution in [-0.4, -0.2) is 47.3 Å². The lowest BCUT2D eigenvalue weighted by Crippen LogP contribution is -2.43. The van der Waals surface area contributed by atoms with Gasteiger partial charge in [-0.2, -0.15) is 5.10 Å². The molecule has 1 atom stereocenters. The molecule has 1 aromatic rings. The van der Waals surface area contributed by atoms with E-state index in [0.717, 1.165) is 24.4 Å². The number of carbonyl (C=O) groups excluding carboxylic acids is 1. The second-order valence-corrected chi connectivity index (χ2v) is 6.40. The van der Waals surface area contributed by atoms with Crippen molar-refractivity contribution < 1.29 is 4.79 Å². The normalized spacial score (nSPS) is 13.0. The molecule has 0 aliphatic rings. The molecule has 0 saturated heterocycles. The number of rotatable bonds is 7. The SMILES string of the molecule is Cc1nn(CC(=O)NC(CC(C)C)CN(C)C)c(C)c1N. The highest BCUT2D eigenvalue weighted by Crippen LogP contribution is 2.14. The molecule has 0 spiro atoms. The molecule has 1 aromatic heterocycles. The molecule has 0 aliphatic carbocycles. The van der Waals surface area contributed by atoms with Crippen LogP contribution in [0.2, 0.25) is 0 Å². The Kier molecular flexibility index (Phi) is 6.20. The Balaban J connectivity index is 2.66. The lowest BCUT2D eigenvalue weighted by atomic mass is 10.0. The Labute approximate surface area is 127 Å². The van der Waals surface area contributed by atoms with Crippen LogP contribution >= 0.6 is 0 Å². The van der Waals surface area contributed by atoms with Gasteiger partial charge in [0.1, 0.15) is 6.54 Å². The van der Waals surface area contributed by atoms with Crippen molar-refractivity contribution in [2.75, 3.05) is 26.4 Å². The van der Waals surface area contributed by atoms with Gasteiger partial charge in [-0.05, 0) is 40.3 Å². The number of hydrogen-bond acceptors (Lipinski definition) is 4. The molecular formula is C15H29N5O. The Morgan fingerprint density at radius 1 is 1.38 bits per heavy atom. The fourth-order valence-electron chi connectivity index (χ4n) is 2.46. The van der Waals surface area contributed by atoms with E-state index in [4.69, 9.17) is 5.73 Å². The third kappa shape index (κ3) is 5.38. The first-order valence-electron chi connectivity index (χ1n) is 7.44. The Bertz CT molecular complexity index is 469. The molecular weight excluding hydrogens is 266 g/mol. The second-order valence-electron chi connectivity index (χ2n) is 6.40. The summed E-state index contributed by atoms with van der Waals surface area (Å²) in [6, 6.07) is 0.154. The summed E-state index contributed by atoms with van der Waals surface area (Å²) in [7, 11) is 4.03. The summed E-state index contributed by atoms with van der Waals surface area (Å²) < 4.78 is 1.67. The summed E-state index contributed by atoms with van der Waals surface area (Å²) in [6.07, 6.45) is 0.961. The van der Waals surface area contributed by atoms with Gasteiger partial charge in [0.15, 0.2) is 0 Å². The van der Waals surface area contributed by atoms with Gasteiger partial charge in [-0.25, -0.2) is 0 Å². The molecule has 6 heteroatoms. The quantitative estimate of drug-likeness (QED) is 0.792. The number of carbonyl (C=O) groups is 1. The van der Waals surface area contributed by atoms with E-state index in [1.165, 1.54) is 0 Å². The van der Waals surface area contributed by atoms with Gasteiger partial charge in [0.2, 0.25) is 5.91 Å². The van der Waals surface area contributed by atoms with Crippen LogP contribution in [0.4, 0.5) is 5.69 Å². The van der Waals surface area contributed by atoms with Crippen molar-refractivity contribution in [1.82, 2.24) is 20.0 Å². The molecule has 0 aromatic carbocycles. The van der Waals surface area contributed by atoms with Crippen molar-refractivity contribution in [3.63, 3.8) is 0 Å². The molecule has 1 unspecified atom stereocenters. The van der Waals surface area contributed by atoms with E-state index < -0.39 is 0 Å². The highest BCUT2D eigenvalue weighted by Gasteiger charge is 2.17. The highest BCUT2D eigenvalue weighted by atomic mass is 16.2. The van der Waals surface area contributed by atoms with Crippen molar-refractivity contribution in [3.8, 4) is 0 Å². The second kappa shape index (κ2) is 7.45. The number of hydrogen-bond donors (Lipinski definition) is 2. The maximum Gasteiger partial charge on any atom is 0.242 e. The van der Waals surface area contributed by atoms with E-state index in [2.05, 4.69) is 29.2 Å². The van der Waals surface area contributed by atoms with Gasteiger partial charge < -0.3 is 16.0 Å². The summed E-state index contributed by atoms with van der Waals surface area (Å²) in [6.45, 7) is 9.11. The monoisotopic (exact) mass is 295 g/mol.